The zero-order valence-corrected chi connectivity index (χ0v) is 14.8. The monoisotopic (exact) mass is 428 g/mol. The van der Waals surface area contributed by atoms with Crippen LogP contribution in [0.2, 0.25) is 0 Å². The SMILES string of the molecule is O=C(Nc1ccc(C(F)(F)F)cc1)c1ccc(-c2ncccc2C(F)(F)F)c(F)c1. The Hall–Kier alpha value is -3.43. The van der Waals surface area contributed by atoms with Crippen molar-refractivity contribution in [2.75, 3.05) is 5.32 Å². The van der Waals surface area contributed by atoms with E-state index in [2.05, 4.69) is 10.3 Å². The molecule has 156 valence electrons. The van der Waals surface area contributed by atoms with Gasteiger partial charge in [-0.2, -0.15) is 26.3 Å². The van der Waals surface area contributed by atoms with Gasteiger partial charge in [-0.05, 0) is 54.6 Å². The highest BCUT2D eigenvalue weighted by Gasteiger charge is 2.35. The lowest BCUT2D eigenvalue weighted by Crippen LogP contribution is -2.13. The van der Waals surface area contributed by atoms with Gasteiger partial charge in [-0.1, -0.05) is 0 Å². The predicted octanol–water partition coefficient (Wildman–Crippen LogP) is 6.18. The molecule has 2 aromatic carbocycles. The van der Waals surface area contributed by atoms with Crippen LogP contribution in [0.15, 0.2) is 60.8 Å². The van der Waals surface area contributed by atoms with Gasteiger partial charge in [0.05, 0.1) is 16.8 Å². The second-order valence-electron chi connectivity index (χ2n) is 6.12. The van der Waals surface area contributed by atoms with Crippen molar-refractivity contribution in [1.82, 2.24) is 4.98 Å². The molecule has 0 saturated heterocycles. The van der Waals surface area contributed by atoms with E-state index in [1.165, 1.54) is 0 Å². The molecule has 0 atom stereocenters. The van der Waals surface area contributed by atoms with Crippen LogP contribution in [0.5, 0.6) is 0 Å². The zero-order valence-electron chi connectivity index (χ0n) is 14.8. The van der Waals surface area contributed by atoms with E-state index in [1.54, 1.807) is 0 Å². The molecule has 0 aliphatic carbocycles. The molecule has 3 rings (SSSR count). The van der Waals surface area contributed by atoms with Gasteiger partial charge in [0.25, 0.3) is 5.91 Å². The highest BCUT2D eigenvalue weighted by molar-refractivity contribution is 6.04. The largest absolute Gasteiger partial charge is 0.418 e. The molecule has 0 unspecified atom stereocenters. The Kier molecular flexibility index (Phi) is 5.51. The highest BCUT2D eigenvalue weighted by Crippen LogP contribution is 2.36. The first-order valence-electron chi connectivity index (χ1n) is 8.27. The minimum absolute atomic E-state index is 0.0292. The number of carbonyl (C=O) groups is 1. The summed E-state index contributed by atoms with van der Waals surface area (Å²) in [6, 6.07) is 8.19. The number of alkyl halides is 6. The molecule has 0 bridgehead atoms. The molecule has 0 aliphatic rings. The summed E-state index contributed by atoms with van der Waals surface area (Å²) < 4.78 is 91.5. The number of halogens is 7. The number of pyridine rings is 1. The first kappa shape index (κ1) is 21.3. The summed E-state index contributed by atoms with van der Waals surface area (Å²) in [5.41, 5.74) is -3.33. The lowest BCUT2D eigenvalue weighted by atomic mass is 10.0. The molecule has 0 spiro atoms. The van der Waals surface area contributed by atoms with Gasteiger partial charge >= 0.3 is 12.4 Å². The first-order chi connectivity index (χ1) is 14.0. The third-order valence-corrected chi connectivity index (χ3v) is 4.07. The number of hydrogen-bond acceptors (Lipinski definition) is 2. The Morgan fingerprint density at radius 3 is 2.10 bits per heavy atom. The molecule has 3 aromatic rings. The summed E-state index contributed by atoms with van der Waals surface area (Å²) in [5, 5.41) is 2.29. The van der Waals surface area contributed by atoms with Crippen LogP contribution in [-0.4, -0.2) is 10.9 Å². The molecule has 0 fully saturated rings. The summed E-state index contributed by atoms with van der Waals surface area (Å²) >= 11 is 0. The molecule has 1 amide bonds. The Morgan fingerprint density at radius 1 is 0.867 bits per heavy atom. The number of benzene rings is 2. The van der Waals surface area contributed by atoms with Crippen molar-refractivity contribution < 1.29 is 35.5 Å². The van der Waals surface area contributed by atoms with Gasteiger partial charge < -0.3 is 5.32 Å². The lowest BCUT2D eigenvalue weighted by molar-refractivity contribution is -0.138. The first-order valence-corrected chi connectivity index (χ1v) is 8.27. The van der Waals surface area contributed by atoms with Crippen LogP contribution in [0.25, 0.3) is 11.3 Å². The third-order valence-electron chi connectivity index (χ3n) is 4.07. The van der Waals surface area contributed by atoms with Crippen LogP contribution < -0.4 is 5.32 Å². The Labute approximate surface area is 165 Å². The summed E-state index contributed by atoms with van der Waals surface area (Å²) in [5.74, 6) is -1.96. The summed E-state index contributed by atoms with van der Waals surface area (Å²) in [4.78, 5) is 15.8. The van der Waals surface area contributed by atoms with E-state index in [4.69, 9.17) is 0 Å². The molecule has 1 heterocycles. The Morgan fingerprint density at radius 2 is 1.53 bits per heavy atom. The van der Waals surface area contributed by atoms with E-state index in [1.807, 2.05) is 0 Å². The summed E-state index contributed by atoms with van der Waals surface area (Å²) in [7, 11) is 0. The smallest absolute Gasteiger partial charge is 0.322 e. The minimum Gasteiger partial charge on any atom is -0.322 e. The van der Waals surface area contributed by atoms with Gasteiger partial charge in [-0.15, -0.1) is 0 Å². The summed E-state index contributed by atoms with van der Waals surface area (Å²) in [6.45, 7) is 0. The van der Waals surface area contributed by atoms with Crippen LogP contribution in [0.1, 0.15) is 21.5 Å². The number of amides is 1. The highest BCUT2D eigenvalue weighted by atomic mass is 19.4. The number of anilines is 1. The van der Waals surface area contributed by atoms with Crippen molar-refractivity contribution in [3.63, 3.8) is 0 Å². The number of nitrogens with one attached hydrogen (secondary N) is 1. The number of hydrogen-bond donors (Lipinski definition) is 1. The minimum atomic E-state index is -4.76. The molecule has 0 saturated carbocycles. The fourth-order valence-electron chi connectivity index (χ4n) is 2.64. The van der Waals surface area contributed by atoms with E-state index in [-0.39, 0.29) is 11.3 Å². The normalized spacial score (nSPS) is 12.0. The van der Waals surface area contributed by atoms with Crippen molar-refractivity contribution >= 4 is 11.6 Å². The second-order valence-corrected chi connectivity index (χ2v) is 6.12. The van der Waals surface area contributed by atoms with Crippen LogP contribution in [-0.2, 0) is 12.4 Å². The molecule has 1 aromatic heterocycles. The quantitative estimate of drug-likeness (QED) is 0.507. The van der Waals surface area contributed by atoms with Gasteiger partial charge in [-0.25, -0.2) is 4.39 Å². The molecular weight excluding hydrogens is 417 g/mol. The number of aromatic nitrogens is 1. The van der Waals surface area contributed by atoms with Gasteiger partial charge in [0.1, 0.15) is 5.82 Å². The van der Waals surface area contributed by atoms with Gasteiger partial charge in [0.2, 0.25) is 0 Å². The summed E-state index contributed by atoms with van der Waals surface area (Å²) in [6.07, 6.45) is -8.22. The van der Waals surface area contributed by atoms with E-state index >= 15 is 0 Å². The van der Waals surface area contributed by atoms with Crippen molar-refractivity contribution in [2.24, 2.45) is 0 Å². The fourth-order valence-corrected chi connectivity index (χ4v) is 2.64. The average Bonchev–Trinajstić information content (AvgIpc) is 2.67. The van der Waals surface area contributed by atoms with Crippen molar-refractivity contribution in [3.8, 4) is 11.3 Å². The molecule has 0 aliphatic heterocycles. The van der Waals surface area contributed by atoms with Crippen LogP contribution >= 0.6 is 0 Å². The van der Waals surface area contributed by atoms with Gasteiger partial charge in [0, 0.05) is 23.0 Å². The fraction of sp³-hybridized carbons (Fsp3) is 0.100. The van der Waals surface area contributed by atoms with Crippen molar-refractivity contribution in [3.05, 3.63) is 83.3 Å². The lowest BCUT2D eigenvalue weighted by Gasteiger charge is -2.13. The number of carbonyl (C=O) groups excluding carboxylic acids is 1. The Bertz CT molecular complexity index is 1070. The van der Waals surface area contributed by atoms with E-state index in [9.17, 15) is 35.5 Å². The topological polar surface area (TPSA) is 42.0 Å². The number of nitrogens with zero attached hydrogens (tertiary/aromatic N) is 1. The van der Waals surface area contributed by atoms with E-state index < -0.39 is 46.5 Å². The zero-order chi connectivity index (χ0) is 22.1. The van der Waals surface area contributed by atoms with E-state index in [0.717, 1.165) is 60.8 Å². The molecule has 1 N–H and O–H groups in total. The molecule has 30 heavy (non-hydrogen) atoms. The van der Waals surface area contributed by atoms with Crippen molar-refractivity contribution in [1.29, 1.82) is 0 Å². The Balaban J connectivity index is 1.85. The average molecular weight is 428 g/mol. The standard InChI is InChI=1S/C20H11F7N2O/c21-16-10-11(18(30)29-13-6-4-12(5-7-13)19(22,23)24)3-8-14(16)17-15(20(25,26)27)2-1-9-28-17/h1-10H,(H,29,30). The van der Waals surface area contributed by atoms with Crippen LogP contribution in [0.4, 0.5) is 36.4 Å². The molecule has 10 heteroatoms. The van der Waals surface area contributed by atoms with Crippen LogP contribution in [0.3, 0.4) is 0 Å². The maximum absolute atomic E-state index is 14.5. The maximum Gasteiger partial charge on any atom is 0.418 e. The molecular formula is C20H11F7N2O. The van der Waals surface area contributed by atoms with Crippen molar-refractivity contribution in [2.45, 2.75) is 12.4 Å². The third kappa shape index (κ3) is 4.58. The van der Waals surface area contributed by atoms with Gasteiger partial charge in [-0.3, -0.25) is 9.78 Å². The molecule has 3 nitrogen and oxygen atoms in total. The molecule has 0 radical (unpaired) electrons. The predicted molar refractivity (Wildman–Crippen MR) is 94.0 cm³/mol. The maximum atomic E-state index is 14.5. The second kappa shape index (κ2) is 7.77. The number of rotatable bonds is 3. The van der Waals surface area contributed by atoms with E-state index in [0.29, 0.717) is 0 Å². The van der Waals surface area contributed by atoms with Crippen LogP contribution in [0, 0.1) is 5.82 Å². The van der Waals surface area contributed by atoms with Gasteiger partial charge in [0.15, 0.2) is 0 Å².